The van der Waals surface area contributed by atoms with E-state index in [0.717, 1.165) is 10.4 Å². The van der Waals surface area contributed by atoms with Crippen molar-refractivity contribution in [3.63, 3.8) is 0 Å². The number of quaternary nitrogens is 1. The fourth-order valence-electron chi connectivity index (χ4n) is 1.69. The number of rotatable bonds is 6. The molecule has 0 aromatic heterocycles. The average molecular weight is 321 g/mol. The molecular formula is C12H26F3NO3S. The standard InChI is InChI=1S/C11H26N.CHF3O3S/c1-6-8-9-11(7-2)10-12(3,4)5;2-1(3,4)8(5,6)7/h11H,6-10H2,1-5H3;(H,5,6,7)/q+1;/p-1. The molecule has 0 N–H and O–H groups in total. The number of alkyl halides is 3. The smallest absolute Gasteiger partial charge is 0.485 e. The van der Waals surface area contributed by atoms with E-state index >= 15 is 0 Å². The molecule has 0 spiro atoms. The molecule has 0 saturated carbocycles. The Hall–Kier alpha value is -0.340. The summed E-state index contributed by atoms with van der Waals surface area (Å²) < 4.78 is 60.0. The van der Waals surface area contributed by atoms with Gasteiger partial charge in [-0.05, 0) is 12.8 Å². The van der Waals surface area contributed by atoms with Crippen LogP contribution in [0.2, 0.25) is 0 Å². The van der Waals surface area contributed by atoms with Gasteiger partial charge < -0.3 is 9.04 Å². The molecule has 0 aliphatic carbocycles. The van der Waals surface area contributed by atoms with Crippen LogP contribution in [0.3, 0.4) is 0 Å². The summed E-state index contributed by atoms with van der Waals surface area (Å²) in [5.74, 6) is 0.935. The summed E-state index contributed by atoms with van der Waals surface area (Å²) >= 11 is 0. The number of unbranched alkanes of at least 4 members (excludes halogenated alkanes) is 1. The van der Waals surface area contributed by atoms with Gasteiger partial charge in [-0.25, -0.2) is 8.42 Å². The van der Waals surface area contributed by atoms with Crippen LogP contribution in [0.15, 0.2) is 0 Å². The second-order valence-electron chi connectivity index (χ2n) is 5.79. The Balaban J connectivity index is 0. The summed E-state index contributed by atoms with van der Waals surface area (Å²) in [5.41, 5.74) is -5.65. The van der Waals surface area contributed by atoms with Gasteiger partial charge in [0.05, 0.1) is 27.7 Å². The second kappa shape index (κ2) is 8.84. The van der Waals surface area contributed by atoms with Crippen LogP contribution in [0, 0.1) is 5.92 Å². The summed E-state index contributed by atoms with van der Waals surface area (Å²) in [6.45, 7) is 5.92. The van der Waals surface area contributed by atoms with Crippen molar-refractivity contribution in [3.8, 4) is 0 Å². The molecule has 1 atom stereocenters. The van der Waals surface area contributed by atoms with Gasteiger partial charge in [0.2, 0.25) is 0 Å². The first-order valence-corrected chi connectivity index (χ1v) is 7.98. The van der Waals surface area contributed by atoms with Crippen molar-refractivity contribution in [2.45, 2.75) is 45.0 Å². The summed E-state index contributed by atoms with van der Waals surface area (Å²) in [5, 5.41) is 0. The topological polar surface area (TPSA) is 57.2 Å². The quantitative estimate of drug-likeness (QED) is 0.429. The maximum atomic E-state index is 10.7. The molecule has 124 valence electrons. The van der Waals surface area contributed by atoms with Crippen molar-refractivity contribution in [2.75, 3.05) is 27.7 Å². The lowest BCUT2D eigenvalue weighted by molar-refractivity contribution is -0.874. The molecule has 0 radical (unpaired) electrons. The average Bonchev–Trinajstić information content (AvgIpc) is 2.20. The van der Waals surface area contributed by atoms with E-state index in [2.05, 4.69) is 35.0 Å². The summed E-state index contributed by atoms with van der Waals surface area (Å²) in [4.78, 5) is 0. The fraction of sp³-hybridized carbons (Fsp3) is 1.00. The lowest BCUT2D eigenvalue weighted by atomic mass is 9.98. The van der Waals surface area contributed by atoms with E-state index in [9.17, 15) is 13.2 Å². The highest BCUT2D eigenvalue weighted by Crippen LogP contribution is 2.20. The molecule has 4 nitrogen and oxygen atoms in total. The highest BCUT2D eigenvalue weighted by atomic mass is 32.2. The van der Waals surface area contributed by atoms with Crippen LogP contribution in [0.4, 0.5) is 13.2 Å². The Morgan fingerprint density at radius 2 is 1.55 bits per heavy atom. The predicted octanol–water partition coefficient (Wildman–Crippen LogP) is 2.96. The zero-order chi connectivity index (χ0) is 16.6. The first-order valence-electron chi connectivity index (χ1n) is 6.57. The molecule has 0 heterocycles. The Kier molecular flexibility index (Phi) is 9.70. The van der Waals surface area contributed by atoms with Gasteiger partial charge in [0, 0.05) is 5.92 Å². The minimum absolute atomic E-state index is 0.935. The molecule has 0 rings (SSSR count). The normalized spacial score (nSPS) is 14.4. The molecule has 20 heavy (non-hydrogen) atoms. The Morgan fingerprint density at radius 3 is 1.75 bits per heavy atom. The first-order chi connectivity index (χ1) is 8.74. The van der Waals surface area contributed by atoms with E-state index in [-0.39, 0.29) is 0 Å². The molecule has 0 bridgehead atoms. The summed E-state index contributed by atoms with van der Waals surface area (Å²) in [6.07, 6.45) is 5.50. The molecule has 0 fully saturated rings. The molecule has 0 aliphatic heterocycles. The van der Waals surface area contributed by atoms with Crippen LogP contribution in [0.25, 0.3) is 0 Å². The maximum Gasteiger partial charge on any atom is 0.485 e. The van der Waals surface area contributed by atoms with E-state index in [1.54, 1.807) is 0 Å². The number of hydrogen-bond donors (Lipinski definition) is 0. The largest absolute Gasteiger partial charge is 0.741 e. The minimum Gasteiger partial charge on any atom is -0.741 e. The molecule has 0 aromatic rings. The van der Waals surface area contributed by atoms with E-state index < -0.39 is 15.6 Å². The Bertz CT molecular complexity index is 348. The van der Waals surface area contributed by atoms with Crippen LogP contribution in [-0.2, 0) is 10.1 Å². The third-order valence-electron chi connectivity index (χ3n) is 2.63. The van der Waals surface area contributed by atoms with Gasteiger partial charge in [-0.2, -0.15) is 13.2 Å². The Morgan fingerprint density at radius 1 is 1.15 bits per heavy atom. The lowest BCUT2D eigenvalue weighted by Gasteiger charge is -2.28. The van der Waals surface area contributed by atoms with Crippen molar-refractivity contribution < 1.29 is 30.6 Å². The van der Waals surface area contributed by atoms with Crippen LogP contribution < -0.4 is 0 Å². The molecule has 8 heteroatoms. The second-order valence-corrected chi connectivity index (χ2v) is 7.16. The van der Waals surface area contributed by atoms with Crippen LogP contribution in [0.5, 0.6) is 0 Å². The maximum absolute atomic E-state index is 10.7. The monoisotopic (exact) mass is 321 g/mol. The van der Waals surface area contributed by atoms with E-state index in [0.29, 0.717) is 0 Å². The van der Waals surface area contributed by atoms with Gasteiger partial charge in [0.15, 0.2) is 10.1 Å². The SMILES string of the molecule is CCCCC(CC)C[N+](C)(C)C.O=S(=O)([O-])C(F)(F)F. The third kappa shape index (κ3) is 12.7. The van der Waals surface area contributed by atoms with E-state index in [1.807, 2.05) is 0 Å². The van der Waals surface area contributed by atoms with Crippen LogP contribution in [0.1, 0.15) is 39.5 Å². The molecular weight excluding hydrogens is 295 g/mol. The zero-order valence-electron chi connectivity index (χ0n) is 12.8. The lowest BCUT2D eigenvalue weighted by Crippen LogP contribution is -2.39. The van der Waals surface area contributed by atoms with Gasteiger partial charge in [0.25, 0.3) is 0 Å². The summed E-state index contributed by atoms with van der Waals surface area (Å²) in [6, 6.07) is 0. The van der Waals surface area contributed by atoms with Gasteiger partial charge in [0.1, 0.15) is 0 Å². The highest BCUT2D eigenvalue weighted by molar-refractivity contribution is 7.86. The van der Waals surface area contributed by atoms with E-state index in [1.165, 1.54) is 32.2 Å². The van der Waals surface area contributed by atoms with Gasteiger partial charge >= 0.3 is 5.51 Å². The van der Waals surface area contributed by atoms with Gasteiger partial charge in [-0.3, -0.25) is 0 Å². The Labute approximate surface area is 120 Å². The van der Waals surface area contributed by atoms with Crippen molar-refractivity contribution in [2.24, 2.45) is 5.92 Å². The van der Waals surface area contributed by atoms with Gasteiger partial charge in [-0.1, -0.05) is 26.7 Å². The zero-order valence-corrected chi connectivity index (χ0v) is 13.6. The number of nitrogens with zero attached hydrogens (tertiary/aromatic N) is 1. The predicted molar refractivity (Wildman–Crippen MR) is 72.0 cm³/mol. The minimum atomic E-state index is -6.09. The van der Waals surface area contributed by atoms with Crippen LogP contribution in [-0.4, -0.2) is 50.6 Å². The highest BCUT2D eigenvalue weighted by Gasteiger charge is 2.36. The van der Waals surface area contributed by atoms with Crippen molar-refractivity contribution >= 4 is 10.1 Å². The molecule has 1 unspecified atom stereocenters. The van der Waals surface area contributed by atoms with Gasteiger partial charge in [-0.15, -0.1) is 0 Å². The molecule has 0 amide bonds. The van der Waals surface area contributed by atoms with E-state index in [4.69, 9.17) is 13.0 Å². The van der Waals surface area contributed by atoms with Crippen molar-refractivity contribution in [1.82, 2.24) is 0 Å². The first kappa shape index (κ1) is 21.9. The van der Waals surface area contributed by atoms with Crippen LogP contribution >= 0.6 is 0 Å². The van der Waals surface area contributed by atoms with Crippen molar-refractivity contribution in [3.05, 3.63) is 0 Å². The molecule has 0 saturated heterocycles. The van der Waals surface area contributed by atoms with Crippen molar-refractivity contribution in [1.29, 1.82) is 0 Å². The molecule has 0 aromatic carbocycles. The number of halogens is 3. The molecule has 0 aliphatic rings. The number of hydrogen-bond acceptors (Lipinski definition) is 3. The summed E-state index contributed by atoms with van der Waals surface area (Å²) in [7, 11) is 0.769. The third-order valence-corrected chi connectivity index (χ3v) is 3.20. The fourth-order valence-corrected chi connectivity index (χ4v) is 1.69.